The summed E-state index contributed by atoms with van der Waals surface area (Å²) in [6.45, 7) is 10.1. The number of aliphatic imine (C=N–C) groups is 1. The summed E-state index contributed by atoms with van der Waals surface area (Å²) in [6, 6.07) is 10.7. The van der Waals surface area contributed by atoms with E-state index in [1.165, 1.54) is 18.5 Å². The number of nitrogens with zero attached hydrogens (tertiary/aromatic N) is 3. The maximum atomic E-state index is 6.03. The van der Waals surface area contributed by atoms with Crippen molar-refractivity contribution in [1.82, 2.24) is 15.1 Å². The lowest BCUT2D eigenvalue weighted by Gasteiger charge is -2.26. The normalized spacial score (nSPS) is 22.2. The van der Waals surface area contributed by atoms with E-state index in [1.54, 1.807) is 0 Å². The van der Waals surface area contributed by atoms with E-state index < -0.39 is 0 Å². The smallest absolute Gasteiger partial charge is 0.188 e. The van der Waals surface area contributed by atoms with E-state index in [2.05, 4.69) is 50.4 Å². The molecule has 1 atom stereocenters. The van der Waals surface area contributed by atoms with Gasteiger partial charge < -0.3 is 20.7 Å². The number of rotatable bonds is 9. The van der Waals surface area contributed by atoms with Crippen molar-refractivity contribution in [2.24, 2.45) is 16.6 Å². The second kappa shape index (κ2) is 11.3. The van der Waals surface area contributed by atoms with Crippen molar-refractivity contribution >= 4 is 5.96 Å². The standard InChI is InChI=1S/C21H35N5O/c22-21(23-9-4-10-25-13-15-27-16-14-25)24-17-20-8-12-26(18-20)11-7-19-5-2-1-3-6-19/h1-3,5-6,20H,4,7-18H2,(H3,22,23,24). The Morgan fingerprint density at radius 1 is 1.11 bits per heavy atom. The third-order valence-electron chi connectivity index (χ3n) is 5.51. The summed E-state index contributed by atoms with van der Waals surface area (Å²) in [5.74, 6) is 1.23. The van der Waals surface area contributed by atoms with E-state index in [0.29, 0.717) is 11.9 Å². The monoisotopic (exact) mass is 373 g/mol. The average Bonchev–Trinajstić information content (AvgIpc) is 3.18. The molecular formula is C21H35N5O. The number of hydrogen-bond donors (Lipinski definition) is 2. The highest BCUT2D eigenvalue weighted by molar-refractivity contribution is 5.77. The van der Waals surface area contributed by atoms with Crippen LogP contribution in [0.3, 0.4) is 0 Å². The maximum absolute atomic E-state index is 6.03. The Bertz CT molecular complexity index is 559. The van der Waals surface area contributed by atoms with Crippen LogP contribution in [0.1, 0.15) is 18.4 Å². The van der Waals surface area contributed by atoms with Gasteiger partial charge in [-0.15, -0.1) is 0 Å². The van der Waals surface area contributed by atoms with Crippen LogP contribution in [0.15, 0.2) is 35.3 Å². The molecule has 0 bridgehead atoms. The second-order valence-electron chi connectivity index (χ2n) is 7.65. The zero-order valence-corrected chi connectivity index (χ0v) is 16.5. The fourth-order valence-electron chi connectivity index (χ4n) is 3.82. The van der Waals surface area contributed by atoms with Crippen LogP contribution in [-0.2, 0) is 11.2 Å². The molecule has 3 N–H and O–H groups in total. The molecule has 1 aromatic rings. The number of hydrogen-bond acceptors (Lipinski definition) is 4. The first kappa shape index (κ1) is 20.1. The third-order valence-corrected chi connectivity index (χ3v) is 5.51. The molecule has 0 aromatic heterocycles. The fraction of sp³-hybridized carbons (Fsp3) is 0.667. The van der Waals surface area contributed by atoms with Gasteiger partial charge in [-0.2, -0.15) is 0 Å². The molecule has 2 saturated heterocycles. The summed E-state index contributed by atoms with van der Waals surface area (Å²) < 4.78 is 5.37. The first-order valence-corrected chi connectivity index (χ1v) is 10.4. The van der Waals surface area contributed by atoms with Crippen LogP contribution in [0.2, 0.25) is 0 Å². The average molecular weight is 374 g/mol. The van der Waals surface area contributed by atoms with Crippen molar-refractivity contribution in [2.45, 2.75) is 19.3 Å². The summed E-state index contributed by atoms with van der Waals surface area (Å²) in [6.07, 6.45) is 3.44. The second-order valence-corrected chi connectivity index (χ2v) is 7.65. The van der Waals surface area contributed by atoms with E-state index >= 15 is 0 Å². The largest absolute Gasteiger partial charge is 0.379 e. The first-order valence-electron chi connectivity index (χ1n) is 10.4. The Morgan fingerprint density at radius 2 is 1.93 bits per heavy atom. The lowest BCUT2D eigenvalue weighted by atomic mass is 10.1. The predicted octanol–water partition coefficient (Wildman–Crippen LogP) is 1.18. The Balaban J connectivity index is 1.25. The number of nitrogens with two attached hydrogens (primary N) is 1. The molecular weight excluding hydrogens is 338 g/mol. The maximum Gasteiger partial charge on any atom is 0.188 e. The quantitative estimate of drug-likeness (QED) is 0.387. The molecule has 0 spiro atoms. The topological polar surface area (TPSA) is 66.1 Å². The summed E-state index contributed by atoms with van der Waals surface area (Å²) in [5.41, 5.74) is 7.45. The highest BCUT2D eigenvalue weighted by atomic mass is 16.5. The van der Waals surface area contributed by atoms with Crippen LogP contribution in [-0.4, -0.2) is 81.3 Å². The highest BCUT2D eigenvalue weighted by Gasteiger charge is 2.21. The molecule has 27 heavy (non-hydrogen) atoms. The molecule has 2 heterocycles. The summed E-state index contributed by atoms with van der Waals surface area (Å²) in [4.78, 5) is 9.57. The van der Waals surface area contributed by atoms with Crippen molar-refractivity contribution in [1.29, 1.82) is 0 Å². The zero-order valence-electron chi connectivity index (χ0n) is 16.5. The zero-order chi connectivity index (χ0) is 18.7. The van der Waals surface area contributed by atoms with Crippen LogP contribution in [0.4, 0.5) is 0 Å². The number of nitrogens with one attached hydrogen (secondary N) is 1. The van der Waals surface area contributed by atoms with Gasteiger partial charge in [-0.1, -0.05) is 30.3 Å². The molecule has 0 saturated carbocycles. The van der Waals surface area contributed by atoms with Gasteiger partial charge >= 0.3 is 0 Å². The van der Waals surface area contributed by atoms with Crippen molar-refractivity contribution in [3.63, 3.8) is 0 Å². The molecule has 6 heteroatoms. The van der Waals surface area contributed by atoms with E-state index in [9.17, 15) is 0 Å². The summed E-state index contributed by atoms with van der Waals surface area (Å²) >= 11 is 0. The third kappa shape index (κ3) is 7.48. The van der Waals surface area contributed by atoms with Gasteiger partial charge in [-0.05, 0) is 43.8 Å². The molecule has 1 aromatic carbocycles. The van der Waals surface area contributed by atoms with Gasteiger partial charge in [0.2, 0.25) is 0 Å². The Labute approximate surface area is 163 Å². The lowest BCUT2D eigenvalue weighted by Crippen LogP contribution is -2.39. The molecule has 150 valence electrons. The minimum atomic E-state index is 0.597. The summed E-state index contributed by atoms with van der Waals surface area (Å²) in [5, 5.41) is 3.26. The molecule has 1 unspecified atom stereocenters. The van der Waals surface area contributed by atoms with E-state index in [-0.39, 0.29) is 0 Å². The number of ether oxygens (including phenoxy) is 1. The van der Waals surface area contributed by atoms with Gasteiger partial charge in [0.1, 0.15) is 0 Å². The highest BCUT2D eigenvalue weighted by Crippen LogP contribution is 2.17. The van der Waals surface area contributed by atoms with Crippen LogP contribution in [0.25, 0.3) is 0 Å². The van der Waals surface area contributed by atoms with E-state index in [0.717, 1.165) is 71.9 Å². The first-order chi connectivity index (χ1) is 13.3. The molecule has 2 aliphatic heterocycles. The van der Waals surface area contributed by atoms with Gasteiger partial charge in [0.05, 0.1) is 13.2 Å². The van der Waals surface area contributed by atoms with Crippen molar-refractivity contribution in [3.05, 3.63) is 35.9 Å². The van der Waals surface area contributed by atoms with Crippen LogP contribution in [0, 0.1) is 5.92 Å². The molecule has 0 amide bonds. The minimum absolute atomic E-state index is 0.597. The predicted molar refractivity (Wildman–Crippen MR) is 111 cm³/mol. The SMILES string of the molecule is NC(=NCC1CCN(CCc2ccccc2)C1)NCCCN1CCOCC1. The molecule has 0 aliphatic carbocycles. The van der Waals surface area contributed by atoms with Crippen molar-refractivity contribution < 1.29 is 4.74 Å². The molecule has 0 radical (unpaired) electrons. The van der Waals surface area contributed by atoms with Crippen LogP contribution < -0.4 is 11.1 Å². The van der Waals surface area contributed by atoms with Gasteiger partial charge in [0.25, 0.3) is 0 Å². The van der Waals surface area contributed by atoms with Crippen LogP contribution in [0.5, 0.6) is 0 Å². The van der Waals surface area contributed by atoms with Gasteiger partial charge in [0, 0.05) is 39.3 Å². The number of morpholine rings is 1. The molecule has 6 nitrogen and oxygen atoms in total. The fourth-order valence-corrected chi connectivity index (χ4v) is 3.82. The molecule has 2 aliphatic rings. The Kier molecular flexibility index (Phi) is 8.39. The lowest BCUT2D eigenvalue weighted by molar-refractivity contribution is 0.0376. The number of likely N-dealkylation sites (tertiary alicyclic amines) is 1. The Hall–Kier alpha value is -1.63. The van der Waals surface area contributed by atoms with E-state index in [4.69, 9.17) is 10.5 Å². The number of guanidine groups is 1. The molecule has 3 rings (SSSR count). The van der Waals surface area contributed by atoms with Crippen molar-refractivity contribution in [3.8, 4) is 0 Å². The van der Waals surface area contributed by atoms with Gasteiger partial charge in [0.15, 0.2) is 5.96 Å². The van der Waals surface area contributed by atoms with Gasteiger partial charge in [-0.3, -0.25) is 9.89 Å². The minimum Gasteiger partial charge on any atom is -0.379 e. The summed E-state index contributed by atoms with van der Waals surface area (Å²) in [7, 11) is 0. The van der Waals surface area contributed by atoms with Gasteiger partial charge in [-0.25, -0.2) is 0 Å². The van der Waals surface area contributed by atoms with E-state index in [1.807, 2.05) is 0 Å². The van der Waals surface area contributed by atoms with Crippen molar-refractivity contribution in [2.75, 3.05) is 65.6 Å². The molecule has 2 fully saturated rings. The van der Waals surface area contributed by atoms with Crippen LogP contribution >= 0.6 is 0 Å². The Morgan fingerprint density at radius 3 is 2.74 bits per heavy atom. The number of benzene rings is 1.